The van der Waals surface area contributed by atoms with Gasteiger partial charge in [-0.25, -0.2) is 0 Å². The number of nitrogens with zero attached hydrogens (tertiary/aromatic N) is 1. The summed E-state index contributed by atoms with van der Waals surface area (Å²) in [5.41, 5.74) is 1.76. The molecule has 1 heterocycles. The monoisotopic (exact) mass is 381 g/mol. The van der Waals surface area contributed by atoms with Gasteiger partial charge in [0.1, 0.15) is 11.5 Å². The molecule has 5 nitrogen and oxygen atoms in total. The van der Waals surface area contributed by atoms with Crippen LogP contribution in [0.2, 0.25) is 0 Å². The largest absolute Gasteiger partial charge is 0.497 e. The second-order valence-electron chi connectivity index (χ2n) is 7.09. The number of Topliss-reactive ketones (excluding diaryl/α,β-unsaturated/α-hetero) is 1. The van der Waals surface area contributed by atoms with E-state index in [2.05, 4.69) is 0 Å². The van der Waals surface area contributed by atoms with E-state index < -0.39 is 0 Å². The summed E-state index contributed by atoms with van der Waals surface area (Å²) < 4.78 is 10.9. The third-order valence-electron chi connectivity index (χ3n) is 5.20. The Morgan fingerprint density at radius 1 is 0.964 bits per heavy atom. The normalized spacial score (nSPS) is 16.9. The number of methoxy groups -OCH3 is 1. The van der Waals surface area contributed by atoms with Crippen molar-refractivity contribution in [3.63, 3.8) is 0 Å². The molecule has 0 bridgehead atoms. The van der Waals surface area contributed by atoms with Crippen molar-refractivity contribution in [1.29, 1.82) is 0 Å². The molecule has 5 heteroatoms. The molecular weight excluding hydrogens is 354 g/mol. The SMILES string of the molecule is COc1ccc([C@@H]2CCCCCN2C(=O)COc2ccc(C(C)=O)cc2)cc1. The summed E-state index contributed by atoms with van der Waals surface area (Å²) in [7, 11) is 1.65. The minimum absolute atomic E-state index is 0.00786. The maximum absolute atomic E-state index is 12.9. The molecule has 1 aliphatic heterocycles. The highest BCUT2D eigenvalue weighted by atomic mass is 16.5. The fourth-order valence-corrected chi connectivity index (χ4v) is 3.59. The minimum Gasteiger partial charge on any atom is -0.497 e. The number of rotatable bonds is 6. The maximum Gasteiger partial charge on any atom is 0.261 e. The van der Waals surface area contributed by atoms with E-state index in [0.717, 1.165) is 43.5 Å². The zero-order valence-electron chi connectivity index (χ0n) is 16.5. The van der Waals surface area contributed by atoms with Crippen LogP contribution in [0.25, 0.3) is 0 Å². The van der Waals surface area contributed by atoms with Crippen molar-refractivity contribution in [1.82, 2.24) is 4.90 Å². The van der Waals surface area contributed by atoms with E-state index >= 15 is 0 Å². The average molecular weight is 381 g/mol. The van der Waals surface area contributed by atoms with E-state index in [-0.39, 0.29) is 24.3 Å². The Bertz CT molecular complexity index is 798. The van der Waals surface area contributed by atoms with Crippen LogP contribution in [0.1, 0.15) is 54.6 Å². The molecule has 2 aromatic carbocycles. The summed E-state index contributed by atoms with van der Waals surface area (Å²) in [6.07, 6.45) is 4.19. The second kappa shape index (κ2) is 9.40. The standard InChI is InChI=1S/C23H27NO4/c1-17(25)18-7-13-21(14-8-18)28-16-23(26)24-15-5-3-4-6-22(24)19-9-11-20(27-2)12-10-19/h7-14,22H,3-6,15-16H2,1-2H3/t22-/m0/s1. The molecule has 0 unspecified atom stereocenters. The van der Waals surface area contributed by atoms with Crippen LogP contribution in [0.3, 0.4) is 0 Å². The molecule has 3 rings (SSSR count). The number of carbonyl (C=O) groups excluding carboxylic acids is 2. The van der Waals surface area contributed by atoms with Gasteiger partial charge >= 0.3 is 0 Å². The zero-order valence-corrected chi connectivity index (χ0v) is 16.5. The molecule has 2 aromatic rings. The number of ketones is 1. The Morgan fingerprint density at radius 3 is 2.29 bits per heavy atom. The Kier molecular flexibility index (Phi) is 6.69. The van der Waals surface area contributed by atoms with Crippen molar-refractivity contribution in [2.75, 3.05) is 20.3 Å². The van der Waals surface area contributed by atoms with E-state index in [9.17, 15) is 9.59 Å². The van der Waals surface area contributed by atoms with Crippen molar-refractivity contribution in [3.8, 4) is 11.5 Å². The summed E-state index contributed by atoms with van der Waals surface area (Å²) in [5.74, 6) is 1.40. The number of carbonyl (C=O) groups is 2. The molecule has 0 saturated carbocycles. The van der Waals surface area contributed by atoms with Crippen molar-refractivity contribution in [3.05, 3.63) is 59.7 Å². The van der Waals surface area contributed by atoms with Crippen LogP contribution in [-0.4, -0.2) is 36.9 Å². The lowest BCUT2D eigenvalue weighted by Gasteiger charge is -2.30. The number of benzene rings is 2. The number of likely N-dealkylation sites (tertiary alicyclic amines) is 1. The lowest BCUT2D eigenvalue weighted by Crippen LogP contribution is -2.38. The summed E-state index contributed by atoms with van der Waals surface area (Å²) in [5, 5.41) is 0. The summed E-state index contributed by atoms with van der Waals surface area (Å²) in [6, 6.07) is 14.9. The molecule has 0 N–H and O–H groups in total. The number of amides is 1. The van der Waals surface area contributed by atoms with Gasteiger partial charge in [-0.05, 0) is 61.7 Å². The average Bonchev–Trinajstić information content (AvgIpc) is 2.98. The van der Waals surface area contributed by atoms with Crippen LogP contribution in [0, 0.1) is 0 Å². The number of ether oxygens (including phenoxy) is 2. The maximum atomic E-state index is 12.9. The highest BCUT2D eigenvalue weighted by Gasteiger charge is 2.27. The molecule has 1 saturated heterocycles. The first-order valence-corrected chi connectivity index (χ1v) is 9.75. The van der Waals surface area contributed by atoms with Crippen molar-refractivity contribution in [2.24, 2.45) is 0 Å². The molecule has 1 amide bonds. The van der Waals surface area contributed by atoms with E-state index in [1.807, 2.05) is 29.2 Å². The minimum atomic E-state index is -0.0154. The van der Waals surface area contributed by atoms with Crippen LogP contribution in [0.5, 0.6) is 11.5 Å². The first-order valence-electron chi connectivity index (χ1n) is 9.75. The Morgan fingerprint density at radius 2 is 1.64 bits per heavy atom. The first kappa shape index (κ1) is 19.9. The second-order valence-corrected chi connectivity index (χ2v) is 7.09. The van der Waals surface area contributed by atoms with Crippen molar-refractivity contribution < 1.29 is 19.1 Å². The molecule has 0 aromatic heterocycles. The lowest BCUT2D eigenvalue weighted by atomic mass is 10.0. The Labute approximate surface area is 166 Å². The molecule has 0 radical (unpaired) electrons. The van der Waals surface area contributed by atoms with Crippen LogP contribution < -0.4 is 9.47 Å². The van der Waals surface area contributed by atoms with Gasteiger partial charge in [-0.2, -0.15) is 0 Å². The summed E-state index contributed by atoms with van der Waals surface area (Å²) in [6.45, 7) is 2.26. The van der Waals surface area contributed by atoms with Crippen LogP contribution in [0.15, 0.2) is 48.5 Å². The summed E-state index contributed by atoms with van der Waals surface area (Å²) in [4.78, 5) is 26.2. The van der Waals surface area contributed by atoms with Gasteiger partial charge in [0.15, 0.2) is 12.4 Å². The van der Waals surface area contributed by atoms with Crippen LogP contribution in [-0.2, 0) is 4.79 Å². The smallest absolute Gasteiger partial charge is 0.261 e. The van der Waals surface area contributed by atoms with Gasteiger partial charge in [0, 0.05) is 12.1 Å². The summed E-state index contributed by atoms with van der Waals surface area (Å²) >= 11 is 0. The Balaban J connectivity index is 1.68. The van der Waals surface area contributed by atoms with E-state index in [1.54, 1.807) is 31.4 Å². The number of hydrogen-bond acceptors (Lipinski definition) is 4. The van der Waals surface area contributed by atoms with Crippen LogP contribution >= 0.6 is 0 Å². The van der Waals surface area contributed by atoms with Gasteiger partial charge < -0.3 is 14.4 Å². The molecule has 1 atom stereocenters. The third kappa shape index (κ3) is 4.91. The highest BCUT2D eigenvalue weighted by Crippen LogP contribution is 2.31. The molecule has 0 spiro atoms. The lowest BCUT2D eigenvalue weighted by molar-refractivity contribution is -0.135. The van der Waals surface area contributed by atoms with Gasteiger partial charge in [-0.3, -0.25) is 9.59 Å². The first-order chi connectivity index (χ1) is 13.6. The van der Waals surface area contributed by atoms with Gasteiger partial charge in [-0.1, -0.05) is 25.0 Å². The van der Waals surface area contributed by atoms with E-state index in [4.69, 9.17) is 9.47 Å². The van der Waals surface area contributed by atoms with Crippen LogP contribution in [0.4, 0.5) is 0 Å². The van der Waals surface area contributed by atoms with Crippen molar-refractivity contribution in [2.45, 2.75) is 38.6 Å². The molecular formula is C23H27NO4. The topological polar surface area (TPSA) is 55.8 Å². The van der Waals surface area contributed by atoms with E-state index in [1.165, 1.54) is 6.92 Å². The van der Waals surface area contributed by atoms with Gasteiger partial charge in [-0.15, -0.1) is 0 Å². The van der Waals surface area contributed by atoms with Gasteiger partial charge in [0.25, 0.3) is 5.91 Å². The molecule has 1 aliphatic rings. The van der Waals surface area contributed by atoms with Gasteiger partial charge in [0.05, 0.1) is 13.2 Å². The highest BCUT2D eigenvalue weighted by molar-refractivity contribution is 5.94. The van der Waals surface area contributed by atoms with Gasteiger partial charge in [0.2, 0.25) is 0 Å². The molecule has 28 heavy (non-hydrogen) atoms. The zero-order chi connectivity index (χ0) is 19.9. The number of hydrogen-bond donors (Lipinski definition) is 0. The fourth-order valence-electron chi connectivity index (χ4n) is 3.59. The fraction of sp³-hybridized carbons (Fsp3) is 0.391. The predicted octanol–water partition coefficient (Wildman–Crippen LogP) is 4.42. The molecule has 1 fully saturated rings. The van der Waals surface area contributed by atoms with Crippen molar-refractivity contribution >= 4 is 11.7 Å². The molecule has 148 valence electrons. The quantitative estimate of drug-likeness (QED) is 0.695. The third-order valence-corrected chi connectivity index (χ3v) is 5.20. The predicted molar refractivity (Wildman–Crippen MR) is 108 cm³/mol. The van der Waals surface area contributed by atoms with E-state index in [0.29, 0.717) is 11.3 Å². The Hall–Kier alpha value is -2.82. The molecule has 0 aliphatic carbocycles.